The second kappa shape index (κ2) is 0.678. The van der Waals surface area contributed by atoms with Gasteiger partial charge in [0.1, 0.15) is 0 Å². The van der Waals surface area contributed by atoms with E-state index in [1.54, 1.807) is 0 Å². The molecular formula is C17H15FeNO. The molecule has 4 unspecified atom stereocenters. The Morgan fingerprint density at radius 2 is 1.45 bits per heavy atom. The van der Waals surface area contributed by atoms with E-state index in [1.165, 1.54) is 33.7 Å². The van der Waals surface area contributed by atoms with Gasteiger partial charge < -0.3 is 0 Å². The van der Waals surface area contributed by atoms with Crippen molar-refractivity contribution >= 4 is 11.6 Å². The van der Waals surface area contributed by atoms with Gasteiger partial charge >= 0.3 is 106 Å². The first kappa shape index (κ1) is 7.47. The normalized spacial score (nSPS) is 102. The Kier molecular flexibility index (Phi) is 0.253. The molecule has 10 heterocycles. The molecule has 0 saturated carbocycles. The Morgan fingerprint density at radius 1 is 0.900 bits per heavy atom. The molecule has 1 amide bonds. The molecule has 10 aliphatic heterocycles. The van der Waals surface area contributed by atoms with E-state index >= 15 is 0 Å². The van der Waals surface area contributed by atoms with Crippen molar-refractivity contribution in [1.82, 2.24) is 0 Å². The van der Waals surface area contributed by atoms with Crippen LogP contribution in [0.15, 0.2) is 30.3 Å². The zero-order valence-corrected chi connectivity index (χ0v) is 11.9. The molecule has 11 rings (SSSR count). The summed E-state index contributed by atoms with van der Waals surface area (Å²) in [6.45, 7) is -3.22. The average molecular weight is 305 g/mol. The summed E-state index contributed by atoms with van der Waals surface area (Å²) in [7, 11) is 0. The molecule has 0 bridgehead atoms. The molecule has 10 saturated heterocycles. The van der Waals surface area contributed by atoms with E-state index in [-0.39, 0.29) is 0 Å². The number of para-hydroxylation sites is 1. The van der Waals surface area contributed by atoms with E-state index in [0.29, 0.717) is 10.2 Å². The fourth-order valence-electron chi connectivity index (χ4n) is 17.6. The Hall–Kier alpha value is -0.791. The van der Waals surface area contributed by atoms with Crippen molar-refractivity contribution in [3.63, 3.8) is 0 Å². The van der Waals surface area contributed by atoms with Gasteiger partial charge in [-0.15, -0.1) is 0 Å². The first-order valence-electron chi connectivity index (χ1n) is 8.12. The summed E-state index contributed by atoms with van der Waals surface area (Å²) in [4.78, 5) is 24.1. The van der Waals surface area contributed by atoms with E-state index in [9.17, 15) is 4.79 Å². The first-order chi connectivity index (χ1) is 9.54. The number of hydrogen-bond donors (Lipinski definition) is 1. The average Bonchev–Trinajstić information content (AvgIpc) is 3.40. The molecule has 102 valence electrons. The van der Waals surface area contributed by atoms with E-state index in [1.807, 2.05) is 18.2 Å². The summed E-state index contributed by atoms with van der Waals surface area (Å²) < 4.78 is 0.356. The Morgan fingerprint density at radius 3 is 1.85 bits per heavy atom. The molecule has 20 heavy (non-hydrogen) atoms. The summed E-state index contributed by atoms with van der Waals surface area (Å²) in [5.74, 6) is 0.523. The number of hydrogen-bond acceptors (Lipinski definition) is 1. The van der Waals surface area contributed by atoms with Crippen molar-refractivity contribution in [2.24, 2.45) is 0 Å². The van der Waals surface area contributed by atoms with E-state index in [0.717, 1.165) is 15.3 Å². The van der Waals surface area contributed by atoms with Crippen LogP contribution < -0.4 is 5.32 Å². The minimum atomic E-state index is -3.22. The number of fused-ring (bicyclic) bond motifs is 10. The second-order valence-electron chi connectivity index (χ2n) is 11.5. The standard InChI is InChI=1S/C12H10NO.C5H5.Fe/c14-12(10-6-4-5-7-10)13-11-8-2-1-3-9-11;1-2-4-5-3-1;/h1-9H,(H,13,14);1-5H;. The number of rotatable bonds is 2. The SMILES string of the molecule is O=C(Nc1ccccc1)[C]12[CH]3[CH]4[CH]5[CH]1[Fe]45321678[CH]2[CH]1[CH]6[CH]7[CH]28. The van der Waals surface area contributed by atoms with Crippen molar-refractivity contribution in [1.29, 1.82) is 0 Å². The van der Waals surface area contributed by atoms with Crippen molar-refractivity contribution in [3.05, 3.63) is 30.3 Å². The molecule has 0 aromatic heterocycles. The van der Waals surface area contributed by atoms with E-state index in [4.69, 9.17) is 0 Å². The number of nitrogens with one attached hydrogen (secondary N) is 1. The van der Waals surface area contributed by atoms with Crippen LogP contribution in [0, 0.1) is 0 Å². The number of amides is 1. The van der Waals surface area contributed by atoms with Crippen LogP contribution in [-0.4, -0.2) is 5.91 Å². The maximum absolute atomic E-state index is 13.3. The van der Waals surface area contributed by atoms with Crippen molar-refractivity contribution < 1.29 is 11.3 Å². The monoisotopic (exact) mass is 305 g/mol. The summed E-state index contributed by atoms with van der Waals surface area (Å²) in [5.41, 5.74) is 1.04. The fraction of sp³-hybridized carbons (Fsp3) is 0.588. The van der Waals surface area contributed by atoms with Crippen LogP contribution in [0.4, 0.5) is 5.69 Å². The molecule has 3 heteroatoms. The molecule has 0 radical (unpaired) electrons. The molecule has 1 aromatic carbocycles. The van der Waals surface area contributed by atoms with Crippen molar-refractivity contribution in [2.45, 2.75) is 47.7 Å². The van der Waals surface area contributed by atoms with Gasteiger partial charge in [0.15, 0.2) is 0 Å². The van der Waals surface area contributed by atoms with Gasteiger partial charge in [-0.25, -0.2) is 0 Å². The molecule has 1 N–H and O–H groups in total. The quantitative estimate of drug-likeness (QED) is 0.807. The van der Waals surface area contributed by atoms with Gasteiger partial charge in [-0.3, -0.25) is 0 Å². The third kappa shape index (κ3) is 0.0853. The van der Waals surface area contributed by atoms with Crippen LogP contribution in [-0.2, 0) is 11.3 Å². The van der Waals surface area contributed by atoms with Crippen LogP contribution in [0.1, 0.15) is 0 Å². The van der Waals surface area contributed by atoms with Gasteiger partial charge in [-0.1, -0.05) is 0 Å². The van der Waals surface area contributed by atoms with Crippen LogP contribution in [0.25, 0.3) is 0 Å². The zero-order valence-electron chi connectivity index (χ0n) is 10.8. The van der Waals surface area contributed by atoms with Crippen LogP contribution >= 0.6 is 0 Å². The van der Waals surface area contributed by atoms with Crippen LogP contribution in [0.5, 0.6) is 0 Å². The summed E-state index contributed by atoms with van der Waals surface area (Å²) in [6, 6.07) is 10.2. The Labute approximate surface area is 106 Å². The molecule has 1 aromatic rings. The van der Waals surface area contributed by atoms with Crippen LogP contribution in [0.3, 0.4) is 0 Å². The molecule has 1 spiro atoms. The number of carbonyl (C=O) groups is 1. The first-order valence-corrected chi connectivity index (χ1v) is 14.4. The van der Waals surface area contributed by atoms with Crippen molar-refractivity contribution in [2.75, 3.05) is 5.32 Å². The number of benzene rings is 1. The van der Waals surface area contributed by atoms with Gasteiger partial charge in [0, 0.05) is 0 Å². The molecule has 10 fully saturated rings. The fourth-order valence-corrected chi connectivity index (χ4v) is 91.3. The van der Waals surface area contributed by atoms with Gasteiger partial charge in [-0.05, 0) is 0 Å². The summed E-state index contributed by atoms with van der Waals surface area (Å²) in [6.07, 6.45) is 0. The molecule has 0 aliphatic carbocycles. The van der Waals surface area contributed by atoms with E-state index < -0.39 is 6.51 Å². The molecule has 4 atom stereocenters. The van der Waals surface area contributed by atoms with E-state index in [2.05, 4.69) is 17.4 Å². The van der Waals surface area contributed by atoms with Gasteiger partial charge in [-0.2, -0.15) is 0 Å². The zero-order chi connectivity index (χ0) is 12.4. The predicted molar refractivity (Wildman–Crippen MR) is 71.5 cm³/mol. The van der Waals surface area contributed by atoms with Gasteiger partial charge in [0.2, 0.25) is 0 Å². The summed E-state index contributed by atoms with van der Waals surface area (Å²) in [5, 5.41) is 3.36. The third-order valence-corrected chi connectivity index (χ3v) is 58.4. The Bertz CT molecular complexity index is 1140. The maximum atomic E-state index is 13.3. The third-order valence-electron chi connectivity index (χ3n) is 16.1. The number of anilines is 1. The van der Waals surface area contributed by atoms with Gasteiger partial charge in [0.05, 0.1) is 0 Å². The van der Waals surface area contributed by atoms with Crippen LogP contribution in [0.2, 0.25) is 47.7 Å². The molecule has 2 nitrogen and oxygen atoms in total. The second-order valence-corrected chi connectivity index (χ2v) is 35.1. The number of carbonyl (C=O) groups excluding carboxylic acids is 1. The molecule has 10 aliphatic rings. The van der Waals surface area contributed by atoms with Crippen molar-refractivity contribution in [3.8, 4) is 0 Å². The predicted octanol–water partition coefficient (Wildman–Crippen LogP) is 4.38. The minimum absolute atomic E-state index is 0.356. The summed E-state index contributed by atoms with van der Waals surface area (Å²) >= 11 is 0. The molecular weight excluding hydrogens is 290 g/mol. The van der Waals surface area contributed by atoms with Gasteiger partial charge in [0.25, 0.3) is 0 Å². The topological polar surface area (TPSA) is 29.1 Å². The Balaban J connectivity index is 1.29.